The third kappa shape index (κ3) is 3.25. The van der Waals surface area contributed by atoms with Crippen LogP contribution in [0.15, 0.2) is 28.8 Å². The Bertz CT molecular complexity index is 722. The smallest absolute Gasteiger partial charge is 0.381 e. The van der Waals surface area contributed by atoms with Gasteiger partial charge in [-0.3, -0.25) is 4.79 Å². The summed E-state index contributed by atoms with van der Waals surface area (Å²) >= 11 is 0. The van der Waals surface area contributed by atoms with Crippen LogP contribution in [-0.4, -0.2) is 36.3 Å². The predicted octanol–water partition coefficient (Wildman–Crippen LogP) is 2.75. The van der Waals surface area contributed by atoms with Crippen LogP contribution >= 0.6 is 0 Å². The van der Waals surface area contributed by atoms with Crippen molar-refractivity contribution in [1.29, 1.82) is 0 Å². The second-order valence-electron chi connectivity index (χ2n) is 5.43. The number of alkyl halides is 3. The van der Waals surface area contributed by atoms with Gasteiger partial charge in [-0.2, -0.15) is 18.2 Å². The lowest BCUT2D eigenvalue weighted by atomic mass is 10.1. The highest BCUT2D eigenvalue weighted by atomic mass is 19.4. The molecule has 0 saturated carbocycles. The summed E-state index contributed by atoms with van der Waals surface area (Å²) in [5.74, 6) is -1.78. The number of hydrogen-bond acceptors (Lipinski definition) is 5. The highest BCUT2D eigenvalue weighted by molar-refractivity contribution is 5.94. The predicted molar refractivity (Wildman–Crippen MR) is 77.1 cm³/mol. The van der Waals surface area contributed by atoms with Gasteiger partial charge in [0, 0.05) is 24.9 Å². The number of ether oxygens (including phenoxy) is 1. The number of carbonyl (C=O) groups excluding carboxylic acids is 1. The third-order valence-electron chi connectivity index (χ3n) is 3.79. The zero-order valence-electron chi connectivity index (χ0n) is 12.7. The minimum absolute atomic E-state index is 0.0563. The zero-order chi connectivity index (χ0) is 17.3. The Hall–Kier alpha value is -2.42. The van der Waals surface area contributed by atoms with Gasteiger partial charge in [-0.15, -0.1) is 0 Å². The molecule has 128 valence electrons. The minimum atomic E-state index is -4.68. The van der Waals surface area contributed by atoms with Crippen molar-refractivity contribution in [2.45, 2.75) is 12.6 Å². The Morgan fingerprint density at radius 1 is 1.29 bits per heavy atom. The van der Waals surface area contributed by atoms with E-state index in [1.807, 2.05) is 0 Å². The van der Waals surface area contributed by atoms with E-state index in [1.165, 1.54) is 17.0 Å². The lowest BCUT2D eigenvalue weighted by Crippen LogP contribution is -2.33. The Morgan fingerprint density at radius 3 is 2.54 bits per heavy atom. The number of hydrogen-bond donors (Lipinski definition) is 0. The fourth-order valence-corrected chi connectivity index (χ4v) is 2.42. The van der Waals surface area contributed by atoms with Gasteiger partial charge in [0.25, 0.3) is 0 Å². The van der Waals surface area contributed by atoms with Crippen LogP contribution < -0.4 is 4.90 Å². The maximum Gasteiger partial charge on any atom is 0.471 e. The molecule has 1 aromatic carbocycles. The molecule has 1 aliphatic rings. The molecule has 6 nitrogen and oxygen atoms in total. The Morgan fingerprint density at radius 2 is 2.00 bits per heavy atom. The van der Waals surface area contributed by atoms with Crippen molar-refractivity contribution in [3.63, 3.8) is 0 Å². The molecular formula is C15H14F3N3O3. The topological polar surface area (TPSA) is 68.5 Å². The summed E-state index contributed by atoms with van der Waals surface area (Å²) in [6.07, 6.45) is -3.99. The van der Waals surface area contributed by atoms with Gasteiger partial charge >= 0.3 is 12.1 Å². The molecule has 1 atom stereocenters. The van der Waals surface area contributed by atoms with Gasteiger partial charge in [-0.1, -0.05) is 5.16 Å². The van der Waals surface area contributed by atoms with Crippen LogP contribution in [0.1, 0.15) is 12.3 Å². The van der Waals surface area contributed by atoms with E-state index in [0.717, 1.165) is 0 Å². The number of benzene rings is 1. The molecule has 1 aliphatic heterocycles. The van der Waals surface area contributed by atoms with Crippen LogP contribution in [-0.2, 0) is 15.7 Å². The number of nitrogens with zero attached hydrogens (tertiary/aromatic N) is 3. The molecule has 1 fully saturated rings. The first-order valence-corrected chi connectivity index (χ1v) is 7.23. The first-order valence-electron chi connectivity index (χ1n) is 7.23. The zero-order valence-corrected chi connectivity index (χ0v) is 12.7. The lowest BCUT2D eigenvalue weighted by Gasteiger charge is -2.20. The molecule has 24 heavy (non-hydrogen) atoms. The molecule has 3 rings (SSSR count). The molecule has 1 aromatic heterocycles. The molecular weight excluding hydrogens is 327 g/mol. The van der Waals surface area contributed by atoms with Crippen molar-refractivity contribution in [1.82, 2.24) is 10.1 Å². The standard InChI is InChI=1S/C15H14F3N3O3/c1-21(13(22)10-6-7-23-8-10)11-4-2-9(3-5-11)12-19-14(24-20-12)15(16,17)18/h2-5,10H,6-8H2,1H3. The van der Waals surface area contributed by atoms with Crippen LogP contribution in [0.3, 0.4) is 0 Å². The molecule has 0 bridgehead atoms. The number of amides is 1. The maximum atomic E-state index is 12.5. The molecule has 0 N–H and O–H groups in total. The largest absolute Gasteiger partial charge is 0.471 e. The van der Waals surface area contributed by atoms with Crippen molar-refractivity contribution in [3.8, 4) is 11.4 Å². The first kappa shape index (κ1) is 16.4. The van der Waals surface area contributed by atoms with Gasteiger partial charge in [-0.25, -0.2) is 0 Å². The van der Waals surface area contributed by atoms with Crippen LogP contribution in [0.4, 0.5) is 18.9 Å². The van der Waals surface area contributed by atoms with Crippen LogP contribution in [0.2, 0.25) is 0 Å². The lowest BCUT2D eigenvalue weighted by molar-refractivity contribution is -0.159. The highest BCUT2D eigenvalue weighted by Gasteiger charge is 2.38. The SMILES string of the molecule is CN(C(=O)C1CCOC1)c1ccc(-c2noc(C(F)(F)F)n2)cc1. The summed E-state index contributed by atoms with van der Waals surface area (Å²) in [7, 11) is 1.64. The normalized spacial score (nSPS) is 17.9. The summed E-state index contributed by atoms with van der Waals surface area (Å²) in [5.41, 5.74) is 0.984. The van der Waals surface area contributed by atoms with E-state index in [0.29, 0.717) is 30.9 Å². The van der Waals surface area contributed by atoms with Crippen molar-refractivity contribution in [2.24, 2.45) is 5.92 Å². The maximum absolute atomic E-state index is 12.5. The van der Waals surface area contributed by atoms with Gasteiger partial charge in [-0.05, 0) is 30.7 Å². The number of anilines is 1. The number of rotatable bonds is 3. The highest BCUT2D eigenvalue weighted by Crippen LogP contribution is 2.30. The van der Waals surface area contributed by atoms with Gasteiger partial charge in [0.15, 0.2) is 0 Å². The second kappa shape index (κ2) is 6.23. The molecule has 0 radical (unpaired) electrons. The minimum Gasteiger partial charge on any atom is -0.381 e. The number of carbonyl (C=O) groups is 1. The molecule has 1 amide bonds. The summed E-state index contributed by atoms with van der Waals surface area (Å²) in [6, 6.07) is 6.31. The average molecular weight is 341 g/mol. The fraction of sp³-hybridized carbons (Fsp3) is 0.400. The average Bonchev–Trinajstić information content (AvgIpc) is 3.24. The fourth-order valence-electron chi connectivity index (χ4n) is 2.42. The quantitative estimate of drug-likeness (QED) is 0.859. The van der Waals surface area contributed by atoms with Crippen molar-refractivity contribution < 1.29 is 27.2 Å². The van der Waals surface area contributed by atoms with Gasteiger partial charge in [0.1, 0.15) is 0 Å². The molecule has 1 saturated heterocycles. The van der Waals surface area contributed by atoms with Crippen molar-refractivity contribution in [3.05, 3.63) is 30.2 Å². The second-order valence-corrected chi connectivity index (χ2v) is 5.43. The molecule has 0 aliphatic carbocycles. The van der Waals surface area contributed by atoms with E-state index in [9.17, 15) is 18.0 Å². The van der Waals surface area contributed by atoms with E-state index in [1.54, 1.807) is 19.2 Å². The Kier molecular flexibility index (Phi) is 4.27. The van der Waals surface area contributed by atoms with Crippen molar-refractivity contribution >= 4 is 11.6 Å². The van der Waals surface area contributed by atoms with Gasteiger partial charge in [0.2, 0.25) is 11.7 Å². The summed E-state index contributed by atoms with van der Waals surface area (Å²) < 4.78 is 46.8. The molecule has 0 spiro atoms. The van der Waals surface area contributed by atoms with E-state index in [2.05, 4.69) is 14.7 Å². The monoisotopic (exact) mass is 341 g/mol. The van der Waals surface area contributed by atoms with Crippen molar-refractivity contribution in [2.75, 3.05) is 25.2 Å². The summed E-state index contributed by atoms with van der Waals surface area (Å²) in [4.78, 5) is 17.1. The van der Waals surface area contributed by atoms with Gasteiger partial charge < -0.3 is 14.2 Å². The van der Waals surface area contributed by atoms with E-state index >= 15 is 0 Å². The molecule has 2 aromatic rings. The van der Waals surface area contributed by atoms with Crippen LogP contribution in [0.5, 0.6) is 0 Å². The third-order valence-corrected chi connectivity index (χ3v) is 3.79. The number of halogens is 3. The van der Waals surface area contributed by atoms with Gasteiger partial charge in [0.05, 0.1) is 12.5 Å². The summed E-state index contributed by atoms with van der Waals surface area (Å²) in [6.45, 7) is 0.979. The molecule has 1 unspecified atom stereocenters. The summed E-state index contributed by atoms with van der Waals surface area (Å²) in [5, 5.41) is 3.32. The van der Waals surface area contributed by atoms with E-state index in [4.69, 9.17) is 4.74 Å². The first-order chi connectivity index (χ1) is 11.4. The number of aromatic nitrogens is 2. The van der Waals surface area contributed by atoms with E-state index < -0.39 is 12.1 Å². The molecule has 2 heterocycles. The molecule has 9 heteroatoms. The van der Waals surface area contributed by atoms with E-state index in [-0.39, 0.29) is 17.6 Å². The van der Waals surface area contributed by atoms with Crippen LogP contribution in [0, 0.1) is 5.92 Å². The Balaban J connectivity index is 1.75. The Labute approximate surface area is 135 Å². The van der Waals surface area contributed by atoms with Crippen LogP contribution in [0.25, 0.3) is 11.4 Å².